The van der Waals surface area contributed by atoms with Gasteiger partial charge >= 0.3 is 12.1 Å². The summed E-state index contributed by atoms with van der Waals surface area (Å²) >= 11 is 0. The number of alkyl halides is 3. The first-order chi connectivity index (χ1) is 17.0. The van der Waals surface area contributed by atoms with Gasteiger partial charge in [0.15, 0.2) is 5.58 Å². The second-order valence-electron chi connectivity index (χ2n) is 7.65. The van der Waals surface area contributed by atoms with Crippen molar-refractivity contribution in [1.29, 1.82) is 0 Å². The number of oxazole rings is 1. The summed E-state index contributed by atoms with van der Waals surface area (Å²) in [5.41, 5.74) is 2.62. The van der Waals surface area contributed by atoms with E-state index in [1.165, 1.54) is 18.4 Å². The summed E-state index contributed by atoms with van der Waals surface area (Å²) in [5, 5.41) is 14.7. The van der Waals surface area contributed by atoms with Crippen LogP contribution in [-0.4, -0.2) is 65.4 Å². The van der Waals surface area contributed by atoms with Crippen molar-refractivity contribution >= 4 is 22.8 Å². The first-order valence-electron chi connectivity index (χ1n) is 10.3. The Morgan fingerprint density at radius 3 is 2.39 bits per heavy atom. The molecule has 0 radical (unpaired) electrons. The minimum Gasteiger partial charge on any atom is -0.475 e. The van der Waals surface area contributed by atoms with Crippen molar-refractivity contribution in [2.45, 2.75) is 6.18 Å². The third-order valence-corrected chi connectivity index (χ3v) is 4.66. The molecule has 190 valence electrons. The summed E-state index contributed by atoms with van der Waals surface area (Å²) in [7, 11) is 3.89. The molecule has 36 heavy (non-hydrogen) atoms. The molecular weight excluding hydrogens is 488 g/mol. The lowest BCUT2D eigenvalue weighted by Crippen LogP contribution is -2.31. The number of halogens is 4. The van der Waals surface area contributed by atoms with E-state index in [4.69, 9.17) is 18.8 Å². The number of carboxylic acids is 1. The topological polar surface area (TPSA) is 122 Å². The number of aromatic nitrogens is 2. The number of hydrogen-bond acceptors (Lipinski definition) is 7. The van der Waals surface area contributed by atoms with Crippen LogP contribution in [0, 0.1) is 5.82 Å². The van der Waals surface area contributed by atoms with E-state index in [9.17, 15) is 22.4 Å². The fourth-order valence-corrected chi connectivity index (χ4v) is 2.87. The van der Waals surface area contributed by atoms with Crippen LogP contribution in [0.1, 0.15) is 10.4 Å². The largest absolute Gasteiger partial charge is 0.490 e. The Labute approximate surface area is 201 Å². The number of aliphatic carboxylic acids is 1. The van der Waals surface area contributed by atoms with Crippen LogP contribution in [0.2, 0.25) is 0 Å². The minimum absolute atomic E-state index is 0.173. The number of benzene rings is 2. The third kappa shape index (κ3) is 6.66. The molecule has 2 N–H and O–H groups in total. The SMILES string of the molecule is CN(C)CCNC(=O)c1ccc2onc(-c3coc(-c4ccc(F)cc4)n3)c2c1.O=C(O)C(F)(F)F. The molecule has 0 saturated heterocycles. The van der Waals surface area contributed by atoms with Crippen LogP contribution >= 0.6 is 0 Å². The van der Waals surface area contributed by atoms with E-state index in [2.05, 4.69) is 15.5 Å². The molecule has 2 aromatic carbocycles. The second kappa shape index (κ2) is 11.0. The zero-order chi connectivity index (χ0) is 26.5. The van der Waals surface area contributed by atoms with Gasteiger partial charge in [-0.1, -0.05) is 5.16 Å². The number of nitrogens with zero attached hydrogens (tertiary/aromatic N) is 3. The number of carbonyl (C=O) groups excluding carboxylic acids is 1. The quantitative estimate of drug-likeness (QED) is 0.372. The summed E-state index contributed by atoms with van der Waals surface area (Å²) in [4.78, 5) is 27.7. The predicted octanol–water partition coefficient (Wildman–Crippen LogP) is 4.21. The highest BCUT2D eigenvalue weighted by Gasteiger charge is 2.38. The Morgan fingerprint density at radius 2 is 1.78 bits per heavy atom. The van der Waals surface area contributed by atoms with Gasteiger partial charge in [-0.15, -0.1) is 0 Å². The highest BCUT2D eigenvalue weighted by atomic mass is 19.4. The van der Waals surface area contributed by atoms with Gasteiger partial charge in [-0.2, -0.15) is 13.2 Å². The highest BCUT2D eigenvalue weighted by molar-refractivity contribution is 6.00. The molecule has 13 heteroatoms. The van der Waals surface area contributed by atoms with Gasteiger partial charge < -0.3 is 24.3 Å². The molecule has 0 bridgehead atoms. The van der Waals surface area contributed by atoms with Crippen molar-refractivity contribution in [2.24, 2.45) is 0 Å². The fraction of sp³-hybridized carbons (Fsp3) is 0.217. The summed E-state index contributed by atoms with van der Waals surface area (Å²) in [6.45, 7) is 1.29. The number of rotatable bonds is 6. The molecule has 0 aliphatic rings. The van der Waals surface area contributed by atoms with Gasteiger partial charge in [0.2, 0.25) is 5.89 Å². The lowest BCUT2D eigenvalue weighted by molar-refractivity contribution is -0.192. The average molecular weight is 508 g/mol. The van der Waals surface area contributed by atoms with Crippen LogP contribution in [0.25, 0.3) is 33.8 Å². The summed E-state index contributed by atoms with van der Waals surface area (Å²) in [6, 6.07) is 11.0. The molecule has 0 unspecified atom stereocenters. The summed E-state index contributed by atoms with van der Waals surface area (Å²) in [6.07, 6.45) is -3.63. The molecule has 4 aromatic rings. The number of carboxylic acid groups (broad SMARTS) is 1. The lowest BCUT2D eigenvalue weighted by Gasteiger charge is -2.10. The van der Waals surface area contributed by atoms with Crippen molar-refractivity contribution in [3.63, 3.8) is 0 Å². The molecule has 0 spiro atoms. The third-order valence-electron chi connectivity index (χ3n) is 4.66. The number of carbonyl (C=O) groups is 2. The van der Waals surface area contributed by atoms with Crippen molar-refractivity contribution in [1.82, 2.24) is 20.4 Å². The molecule has 2 aromatic heterocycles. The van der Waals surface area contributed by atoms with E-state index in [1.54, 1.807) is 30.3 Å². The fourth-order valence-electron chi connectivity index (χ4n) is 2.87. The summed E-state index contributed by atoms with van der Waals surface area (Å²) in [5.74, 6) is -2.92. The molecule has 0 saturated carbocycles. The van der Waals surface area contributed by atoms with Crippen molar-refractivity contribution in [3.05, 3.63) is 60.1 Å². The molecule has 2 heterocycles. The van der Waals surface area contributed by atoms with Crippen LogP contribution in [0.3, 0.4) is 0 Å². The normalized spacial score (nSPS) is 11.3. The lowest BCUT2D eigenvalue weighted by atomic mass is 10.1. The van der Waals surface area contributed by atoms with E-state index >= 15 is 0 Å². The first-order valence-corrected chi connectivity index (χ1v) is 10.3. The van der Waals surface area contributed by atoms with Crippen LogP contribution < -0.4 is 5.32 Å². The average Bonchev–Trinajstić information content (AvgIpc) is 3.45. The maximum absolute atomic E-state index is 13.1. The van der Waals surface area contributed by atoms with Gasteiger partial charge in [0, 0.05) is 24.2 Å². The van der Waals surface area contributed by atoms with E-state index in [-0.39, 0.29) is 11.7 Å². The van der Waals surface area contributed by atoms with Crippen molar-refractivity contribution in [3.8, 4) is 22.8 Å². The number of hydrogen-bond donors (Lipinski definition) is 2. The van der Waals surface area contributed by atoms with Gasteiger partial charge in [0.05, 0.1) is 5.39 Å². The maximum atomic E-state index is 13.1. The smallest absolute Gasteiger partial charge is 0.475 e. The Kier molecular flexibility index (Phi) is 8.04. The number of nitrogens with one attached hydrogen (secondary N) is 1. The monoisotopic (exact) mass is 508 g/mol. The first kappa shape index (κ1) is 26.3. The second-order valence-corrected chi connectivity index (χ2v) is 7.65. The van der Waals surface area contributed by atoms with Crippen LogP contribution in [0.15, 0.2) is 57.7 Å². The maximum Gasteiger partial charge on any atom is 0.490 e. The Hall–Kier alpha value is -4.26. The van der Waals surface area contributed by atoms with Gasteiger partial charge in [0.1, 0.15) is 23.5 Å². The molecule has 9 nitrogen and oxygen atoms in total. The van der Waals surface area contributed by atoms with Crippen LogP contribution in [0.5, 0.6) is 0 Å². The van der Waals surface area contributed by atoms with Crippen molar-refractivity contribution in [2.75, 3.05) is 27.2 Å². The Bertz CT molecular complexity index is 1350. The van der Waals surface area contributed by atoms with E-state index in [0.29, 0.717) is 45.9 Å². The molecule has 0 aliphatic carbocycles. The van der Waals surface area contributed by atoms with Gasteiger partial charge in [-0.3, -0.25) is 4.79 Å². The predicted molar refractivity (Wildman–Crippen MR) is 119 cm³/mol. The van der Waals surface area contributed by atoms with Gasteiger partial charge in [-0.25, -0.2) is 14.2 Å². The number of fused-ring (bicyclic) bond motifs is 1. The Balaban J connectivity index is 0.000000454. The highest BCUT2D eigenvalue weighted by Crippen LogP contribution is 2.30. The Morgan fingerprint density at radius 1 is 1.11 bits per heavy atom. The standard InChI is InChI=1S/C21H19FN4O3.C2HF3O2/c1-26(2)10-9-23-20(27)14-5-8-18-16(11-14)19(25-29-18)17-12-28-21(24-17)13-3-6-15(22)7-4-13;3-2(4,5)1(6)7/h3-8,11-12H,9-10H2,1-2H3,(H,23,27);(H,6,7). The molecule has 4 rings (SSSR count). The van der Waals surface area contributed by atoms with E-state index < -0.39 is 12.1 Å². The van der Waals surface area contributed by atoms with Gasteiger partial charge in [-0.05, 0) is 56.6 Å². The van der Waals surface area contributed by atoms with Crippen LogP contribution in [-0.2, 0) is 4.79 Å². The zero-order valence-corrected chi connectivity index (χ0v) is 19.0. The van der Waals surface area contributed by atoms with Crippen molar-refractivity contribution < 1.29 is 41.2 Å². The molecule has 1 amide bonds. The molecular formula is C23H20F4N4O5. The molecule has 0 aliphatic heterocycles. The zero-order valence-electron chi connectivity index (χ0n) is 19.0. The number of amides is 1. The van der Waals surface area contributed by atoms with E-state index in [0.717, 1.165) is 6.54 Å². The van der Waals surface area contributed by atoms with Gasteiger partial charge in [0.25, 0.3) is 5.91 Å². The minimum atomic E-state index is -5.08. The molecule has 0 fully saturated rings. The number of likely N-dealkylation sites (N-methyl/N-ethyl adjacent to an activating group) is 1. The van der Waals surface area contributed by atoms with E-state index in [1.807, 2.05) is 19.0 Å². The summed E-state index contributed by atoms with van der Waals surface area (Å²) < 4.78 is 55.7. The molecule has 0 atom stereocenters. The van der Waals surface area contributed by atoms with Crippen LogP contribution in [0.4, 0.5) is 17.6 Å².